The summed E-state index contributed by atoms with van der Waals surface area (Å²) in [6, 6.07) is 8.08. The molecule has 2 heteroatoms. The van der Waals surface area contributed by atoms with Crippen molar-refractivity contribution < 1.29 is 4.74 Å². The quantitative estimate of drug-likeness (QED) is 0.741. The van der Waals surface area contributed by atoms with Gasteiger partial charge >= 0.3 is 0 Å². The van der Waals surface area contributed by atoms with Gasteiger partial charge in [0.2, 0.25) is 0 Å². The third-order valence-electron chi connectivity index (χ3n) is 2.34. The van der Waals surface area contributed by atoms with Crippen LogP contribution in [0.3, 0.4) is 0 Å². The largest absolute Gasteiger partial charge is 0.496 e. The lowest BCUT2D eigenvalue weighted by Gasteiger charge is -2.12. The summed E-state index contributed by atoms with van der Waals surface area (Å²) in [5.41, 5.74) is 1.13. The highest BCUT2D eigenvalue weighted by Crippen LogP contribution is 2.16. The summed E-state index contributed by atoms with van der Waals surface area (Å²) in [7, 11) is 1.68. The standard InChI is InChI=1S/C13H17NO/c1-4-12(5-2)14-10-11-8-6-7-9-13(11)15-3/h1,6-9,12,14H,5,10H2,2-3H3. The Morgan fingerprint density at radius 1 is 1.47 bits per heavy atom. The van der Waals surface area contributed by atoms with Gasteiger partial charge in [-0.05, 0) is 12.5 Å². The van der Waals surface area contributed by atoms with Crippen molar-refractivity contribution in [3.05, 3.63) is 29.8 Å². The van der Waals surface area contributed by atoms with E-state index < -0.39 is 0 Å². The maximum atomic E-state index is 5.37. The normalized spacial score (nSPS) is 11.8. The summed E-state index contributed by atoms with van der Waals surface area (Å²) < 4.78 is 5.25. The molecular weight excluding hydrogens is 186 g/mol. The Bertz CT molecular complexity index is 341. The predicted molar refractivity (Wildman–Crippen MR) is 62.7 cm³/mol. The Labute approximate surface area is 91.6 Å². The molecule has 0 fully saturated rings. The molecule has 0 amide bonds. The minimum atomic E-state index is 0.134. The van der Waals surface area contributed by atoms with Crippen molar-refractivity contribution in [2.75, 3.05) is 7.11 Å². The van der Waals surface area contributed by atoms with Gasteiger partial charge in [-0.3, -0.25) is 5.32 Å². The fourth-order valence-electron chi connectivity index (χ4n) is 1.40. The molecule has 15 heavy (non-hydrogen) atoms. The lowest BCUT2D eigenvalue weighted by atomic mass is 10.1. The zero-order chi connectivity index (χ0) is 11.1. The van der Waals surface area contributed by atoms with Crippen LogP contribution in [0.5, 0.6) is 5.75 Å². The van der Waals surface area contributed by atoms with Crippen LogP contribution in [0.25, 0.3) is 0 Å². The molecule has 0 radical (unpaired) electrons. The van der Waals surface area contributed by atoms with Crippen molar-refractivity contribution in [1.29, 1.82) is 0 Å². The molecular formula is C13H17NO. The number of methoxy groups -OCH3 is 1. The topological polar surface area (TPSA) is 21.3 Å². The van der Waals surface area contributed by atoms with E-state index in [1.807, 2.05) is 24.3 Å². The lowest BCUT2D eigenvalue weighted by molar-refractivity contribution is 0.406. The maximum Gasteiger partial charge on any atom is 0.123 e. The molecule has 80 valence electrons. The SMILES string of the molecule is C#CC(CC)NCc1ccccc1OC. The zero-order valence-corrected chi connectivity index (χ0v) is 9.29. The predicted octanol–water partition coefficient (Wildman–Crippen LogP) is 2.20. The fraction of sp³-hybridized carbons (Fsp3) is 0.385. The van der Waals surface area contributed by atoms with Crippen LogP contribution in [-0.4, -0.2) is 13.2 Å². The van der Waals surface area contributed by atoms with E-state index in [0.29, 0.717) is 0 Å². The molecule has 0 aromatic heterocycles. The summed E-state index contributed by atoms with van der Waals surface area (Å²) in [6.45, 7) is 2.81. The first-order valence-corrected chi connectivity index (χ1v) is 5.13. The van der Waals surface area contributed by atoms with Gasteiger partial charge in [-0.15, -0.1) is 6.42 Å². The Kier molecular flexibility index (Phi) is 4.73. The third kappa shape index (κ3) is 3.30. The molecule has 0 heterocycles. The molecule has 0 aliphatic heterocycles. The number of terminal acetylenes is 1. The van der Waals surface area contributed by atoms with Crippen molar-refractivity contribution in [2.45, 2.75) is 25.9 Å². The molecule has 0 bridgehead atoms. The Morgan fingerprint density at radius 3 is 2.80 bits per heavy atom. The second-order valence-corrected chi connectivity index (χ2v) is 3.32. The third-order valence-corrected chi connectivity index (χ3v) is 2.34. The van der Waals surface area contributed by atoms with E-state index in [9.17, 15) is 0 Å². The van der Waals surface area contributed by atoms with Crippen LogP contribution >= 0.6 is 0 Å². The van der Waals surface area contributed by atoms with Crippen LogP contribution in [0.2, 0.25) is 0 Å². The van der Waals surface area contributed by atoms with Gasteiger partial charge < -0.3 is 4.74 Å². The van der Waals surface area contributed by atoms with Gasteiger partial charge in [0, 0.05) is 12.1 Å². The number of hydrogen-bond acceptors (Lipinski definition) is 2. The van der Waals surface area contributed by atoms with Crippen LogP contribution in [-0.2, 0) is 6.54 Å². The number of para-hydroxylation sites is 1. The molecule has 0 aliphatic carbocycles. The molecule has 0 saturated carbocycles. The minimum absolute atomic E-state index is 0.134. The van der Waals surface area contributed by atoms with Crippen molar-refractivity contribution in [2.24, 2.45) is 0 Å². The molecule has 1 unspecified atom stereocenters. The summed E-state index contributed by atoms with van der Waals surface area (Å²) in [4.78, 5) is 0. The summed E-state index contributed by atoms with van der Waals surface area (Å²) >= 11 is 0. The van der Waals surface area contributed by atoms with Gasteiger partial charge in [-0.2, -0.15) is 0 Å². The lowest BCUT2D eigenvalue weighted by Crippen LogP contribution is -2.26. The monoisotopic (exact) mass is 203 g/mol. The molecule has 1 aromatic rings. The first kappa shape index (κ1) is 11.6. The van der Waals surface area contributed by atoms with Gasteiger partial charge in [0.15, 0.2) is 0 Å². The second kappa shape index (κ2) is 6.10. The van der Waals surface area contributed by atoms with Crippen molar-refractivity contribution >= 4 is 0 Å². The van der Waals surface area contributed by atoms with Crippen LogP contribution in [0, 0.1) is 12.3 Å². The van der Waals surface area contributed by atoms with Crippen LogP contribution in [0.1, 0.15) is 18.9 Å². The minimum Gasteiger partial charge on any atom is -0.496 e. The van der Waals surface area contributed by atoms with Gasteiger partial charge in [-0.25, -0.2) is 0 Å². The fourth-order valence-corrected chi connectivity index (χ4v) is 1.40. The van der Waals surface area contributed by atoms with Gasteiger partial charge in [0.05, 0.1) is 13.2 Å². The Balaban J connectivity index is 2.61. The highest BCUT2D eigenvalue weighted by molar-refractivity contribution is 5.33. The maximum absolute atomic E-state index is 5.37. The smallest absolute Gasteiger partial charge is 0.123 e. The van der Waals surface area contributed by atoms with Gasteiger partial charge in [-0.1, -0.05) is 31.0 Å². The highest BCUT2D eigenvalue weighted by Gasteiger charge is 2.04. The van der Waals surface area contributed by atoms with Crippen LogP contribution < -0.4 is 10.1 Å². The molecule has 0 spiro atoms. The number of ether oxygens (including phenoxy) is 1. The van der Waals surface area contributed by atoms with E-state index in [0.717, 1.165) is 24.3 Å². The van der Waals surface area contributed by atoms with Gasteiger partial charge in [0.1, 0.15) is 5.75 Å². The number of benzene rings is 1. The van der Waals surface area contributed by atoms with Crippen molar-refractivity contribution in [3.8, 4) is 18.1 Å². The molecule has 0 saturated heterocycles. The molecule has 2 nitrogen and oxygen atoms in total. The van der Waals surface area contributed by atoms with E-state index >= 15 is 0 Å². The summed E-state index contributed by atoms with van der Waals surface area (Å²) in [5.74, 6) is 3.61. The van der Waals surface area contributed by atoms with Gasteiger partial charge in [0.25, 0.3) is 0 Å². The van der Waals surface area contributed by atoms with E-state index in [-0.39, 0.29) is 6.04 Å². The number of rotatable bonds is 5. The second-order valence-electron chi connectivity index (χ2n) is 3.32. The first-order valence-electron chi connectivity index (χ1n) is 5.13. The molecule has 1 N–H and O–H groups in total. The van der Waals surface area contributed by atoms with Crippen LogP contribution in [0.4, 0.5) is 0 Å². The van der Waals surface area contributed by atoms with E-state index in [1.165, 1.54) is 0 Å². The molecule has 1 atom stereocenters. The van der Waals surface area contributed by atoms with Crippen molar-refractivity contribution in [1.82, 2.24) is 5.32 Å². The molecule has 1 aromatic carbocycles. The van der Waals surface area contributed by atoms with E-state index in [1.54, 1.807) is 7.11 Å². The zero-order valence-electron chi connectivity index (χ0n) is 9.29. The number of hydrogen-bond donors (Lipinski definition) is 1. The summed E-state index contributed by atoms with van der Waals surface area (Å²) in [6.07, 6.45) is 6.31. The first-order chi connectivity index (χ1) is 7.31. The van der Waals surface area contributed by atoms with Crippen LogP contribution in [0.15, 0.2) is 24.3 Å². The molecule has 1 rings (SSSR count). The Hall–Kier alpha value is -1.46. The summed E-state index contributed by atoms with van der Waals surface area (Å²) in [5, 5.41) is 3.29. The van der Waals surface area contributed by atoms with Crippen molar-refractivity contribution in [3.63, 3.8) is 0 Å². The molecule has 0 aliphatic rings. The average Bonchev–Trinajstić information content (AvgIpc) is 2.31. The number of nitrogens with one attached hydrogen (secondary N) is 1. The Morgan fingerprint density at radius 2 is 2.20 bits per heavy atom. The van der Waals surface area contributed by atoms with E-state index in [2.05, 4.69) is 18.2 Å². The average molecular weight is 203 g/mol. The van der Waals surface area contributed by atoms with E-state index in [4.69, 9.17) is 11.2 Å². The highest BCUT2D eigenvalue weighted by atomic mass is 16.5.